The number of aliphatic hydroxyl groups is 1. The Morgan fingerprint density at radius 1 is 1.24 bits per heavy atom. The molecule has 2 rings (SSSR count). The number of hydrogen-bond acceptors (Lipinski definition) is 2. The van der Waals surface area contributed by atoms with E-state index < -0.39 is 6.10 Å². The van der Waals surface area contributed by atoms with Gasteiger partial charge in [0.1, 0.15) is 0 Å². The lowest BCUT2D eigenvalue weighted by Crippen LogP contribution is -2.43. The Bertz CT molecular complexity index is 506. The standard InChI is InChI=1S/C17H26N2O2/c1-17(2,3)15(20)11-19-16(21)18-10-12-7-8-13-5-4-6-14(13)9-12/h7-9,15,20H,4-6,10-11H2,1-3H3,(H2,18,19,21). The fraction of sp³-hybridized carbons (Fsp3) is 0.588. The SMILES string of the molecule is CC(C)(C)C(O)CNC(=O)NCc1ccc2c(c1)CCC2. The van der Waals surface area contributed by atoms with Crippen molar-refractivity contribution in [3.8, 4) is 0 Å². The maximum Gasteiger partial charge on any atom is 0.315 e. The van der Waals surface area contributed by atoms with Crippen LogP contribution in [0.25, 0.3) is 0 Å². The maximum absolute atomic E-state index is 11.7. The second-order valence-corrected chi connectivity index (χ2v) is 6.90. The molecule has 1 aromatic rings. The van der Waals surface area contributed by atoms with Crippen molar-refractivity contribution in [1.29, 1.82) is 0 Å². The first-order valence-corrected chi connectivity index (χ1v) is 7.67. The summed E-state index contributed by atoms with van der Waals surface area (Å²) in [6.45, 7) is 6.62. The molecule has 116 valence electrons. The first-order valence-electron chi connectivity index (χ1n) is 7.67. The van der Waals surface area contributed by atoms with Crippen molar-refractivity contribution < 1.29 is 9.90 Å². The highest BCUT2D eigenvalue weighted by atomic mass is 16.3. The van der Waals surface area contributed by atoms with Crippen molar-refractivity contribution in [1.82, 2.24) is 10.6 Å². The Labute approximate surface area is 126 Å². The Kier molecular flexibility index (Phi) is 4.88. The topological polar surface area (TPSA) is 61.4 Å². The highest BCUT2D eigenvalue weighted by Gasteiger charge is 2.22. The summed E-state index contributed by atoms with van der Waals surface area (Å²) in [7, 11) is 0. The van der Waals surface area contributed by atoms with E-state index in [4.69, 9.17) is 0 Å². The predicted molar refractivity (Wildman–Crippen MR) is 84.2 cm³/mol. The van der Waals surface area contributed by atoms with Gasteiger partial charge in [-0.2, -0.15) is 0 Å². The van der Waals surface area contributed by atoms with Crippen molar-refractivity contribution in [2.45, 2.75) is 52.7 Å². The Morgan fingerprint density at radius 3 is 2.67 bits per heavy atom. The number of rotatable bonds is 4. The molecule has 3 N–H and O–H groups in total. The van der Waals surface area contributed by atoms with E-state index in [1.165, 1.54) is 24.0 Å². The molecular formula is C17H26N2O2. The molecule has 0 saturated heterocycles. The molecule has 0 aliphatic heterocycles. The number of carbonyl (C=O) groups excluding carboxylic acids is 1. The van der Waals surface area contributed by atoms with Gasteiger partial charge in [0, 0.05) is 13.1 Å². The van der Waals surface area contributed by atoms with Gasteiger partial charge >= 0.3 is 6.03 Å². The molecule has 0 saturated carbocycles. The Morgan fingerprint density at radius 2 is 1.95 bits per heavy atom. The molecule has 0 fully saturated rings. The molecule has 4 nitrogen and oxygen atoms in total. The molecule has 0 bridgehead atoms. The van der Waals surface area contributed by atoms with Crippen molar-refractivity contribution in [2.75, 3.05) is 6.54 Å². The third kappa shape index (κ3) is 4.46. The average Bonchev–Trinajstić information content (AvgIpc) is 2.88. The van der Waals surface area contributed by atoms with E-state index in [9.17, 15) is 9.90 Å². The number of aliphatic hydroxyl groups excluding tert-OH is 1. The first-order chi connectivity index (χ1) is 9.86. The number of hydrogen-bond donors (Lipinski definition) is 3. The summed E-state index contributed by atoms with van der Waals surface area (Å²) >= 11 is 0. The Hall–Kier alpha value is -1.55. The van der Waals surface area contributed by atoms with Gasteiger partial charge in [0.25, 0.3) is 0 Å². The molecule has 1 aliphatic carbocycles. The lowest BCUT2D eigenvalue weighted by molar-refractivity contribution is 0.0650. The molecule has 2 amide bonds. The van der Waals surface area contributed by atoms with Crippen LogP contribution in [-0.4, -0.2) is 23.8 Å². The molecule has 0 aromatic heterocycles. The van der Waals surface area contributed by atoms with E-state index in [0.29, 0.717) is 6.54 Å². The van der Waals surface area contributed by atoms with Gasteiger partial charge in [0.15, 0.2) is 0 Å². The van der Waals surface area contributed by atoms with Crippen LogP contribution in [0.15, 0.2) is 18.2 Å². The summed E-state index contributed by atoms with van der Waals surface area (Å²) in [6.07, 6.45) is 3.00. The van der Waals surface area contributed by atoms with E-state index in [1.807, 2.05) is 20.8 Å². The summed E-state index contributed by atoms with van der Waals surface area (Å²) < 4.78 is 0. The second kappa shape index (κ2) is 6.48. The number of aryl methyl sites for hydroxylation is 2. The largest absolute Gasteiger partial charge is 0.391 e. The van der Waals surface area contributed by atoms with Gasteiger partial charge in [0.05, 0.1) is 6.10 Å². The third-order valence-electron chi connectivity index (χ3n) is 4.07. The van der Waals surface area contributed by atoms with Crippen LogP contribution >= 0.6 is 0 Å². The third-order valence-corrected chi connectivity index (χ3v) is 4.07. The maximum atomic E-state index is 11.7. The normalized spacial score (nSPS) is 15.4. The minimum Gasteiger partial charge on any atom is -0.391 e. The quantitative estimate of drug-likeness (QED) is 0.797. The highest BCUT2D eigenvalue weighted by Crippen LogP contribution is 2.22. The van der Waals surface area contributed by atoms with E-state index in [1.54, 1.807) is 0 Å². The monoisotopic (exact) mass is 290 g/mol. The molecule has 1 unspecified atom stereocenters. The molecule has 1 aromatic carbocycles. The molecule has 1 atom stereocenters. The molecule has 1 aliphatic rings. The average molecular weight is 290 g/mol. The lowest BCUT2D eigenvalue weighted by Gasteiger charge is -2.25. The zero-order valence-electron chi connectivity index (χ0n) is 13.2. The zero-order valence-corrected chi connectivity index (χ0v) is 13.2. The van der Waals surface area contributed by atoms with E-state index in [0.717, 1.165) is 12.0 Å². The fourth-order valence-electron chi connectivity index (χ4n) is 2.48. The van der Waals surface area contributed by atoms with Gasteiger partial charge in [0.2, 0.25) is 0 Å². The van der Waals surface area contributed by atoms with Crippen LogP contribution in [-0.2, 0) is 19.4 Å². The van der Waals surface area contributed by atoms with E-state index in [2.05, 4.69) is 28.8 Å². The minimum atomic E-state index is -0.553. The smallest absolute Gasteiger partial charge is 0.315 e. The van der Waals surface area contributed by atoms with Gasteiger partial charge in [-0.05, 0) is 41.4 Å². The highest BCUT2D eigenvalue weighted by molar-refractivity contribution is 5.73. The van der Waals surface area contributed by atoms with E-state index in [-0.39, 0.29) is 18.0 Å². The number of carbonyl (C=O) groups is 1. The fourth-order valence-corrected chi connectivity index (χ4v) is 2.48. The van der Waals surface area contributed by atoms with Crippen LogP contribution in [0.1, 0.15) is 43.9 Å². The second-order valence-electron chi connectivity index (χ2n) is 6.90. The number of nitrogens with one attached hydrogen (secondary N) is 2. The molecular weight excluding hydrogens is 264 g/mol. The van der Waals surface area contributed by atoms with Crippen LogP contribution < -0.4 is 10.6 Å². The summed E-state index contributed by atoms with van der Waals surface area (Å²) in [5, 5.41) is 15.4. The number of benzene rings is 1. The minimum absolute atomic E-state index is 0.229. The van der Waals surface area contributed by atoms with Crippen LogP contribution in [0, 0.1) is 5.41 Å². The Balaban J connectivity index is 1.77. The van der Waals surface area contributed by atoms with Crippen molar-refractivity contribution >= 4 is 6.03 Å². The van der Waals surface area contributed by atoms with Crippen LogP contribution in [0.5, 0.6) is 0 Å². The van der Waals surface area contributed by atoms with Gasteiger partial charge in [-0.3, -0.25) is 0 Å². The summed E-state index contributed by atoms with van der Waals surface area (Å²) in [5.74, 6) is 0. The lowest BCUT2D eigenvalue weighted by atomic mass is 9.89. The molecule has 0 spiro atoms. The van der Waals surface area contributed by atoms with Crippen molar-refractivity contribution in [3.05, 3.63) is 34.9 Å². The van der Waals surface area contributed by atoms with Crippen LogP contribution in [0.2, 0.25) is 0 Å². The van der Waals surface area contributed by atoms with Crippen molar-refractivity contribution in [2.24, 2.45) is 5.41 Å². The van der Waals surface area contributed by atoms with Crippen LogP contribution in [0.4, 0.5) is 4.79 Å². The number of urea groups is 1. The molecule has 4 heteroatoms. The predicted octanol–water partition coefficient (Wildman–Crippen LogP) is 2.38. The molecule has 0 heterocycles. The van der Waals surface area contributed by atoms with Crippen molar-refractivity contribution in [3.63, 3.8) is 0 Å². The molecule has 21 heavy (non-hydrogen) atoms. The number of amides is 2. The molecule has 0 radical (unpaired) electrons. The first kappa shape index (κ1) is 15.8. The zero-order chi connectivity index (χ0) is 15.5. The number of fused-ring (bicyclic) bond motifs is 1. The van der Waals surface area contributed by atoms with Gasteiger partial charge in [-0.15, -0.1) is 0 Å². The van der Waals surface area contributed by atoms with E-state index >= 15 is 0 Å². The summed E-state index contributed by atoms with van der Waals surface area (Å²) in [5.41, 5.74) is 3.75. The van der Waals surface area contributed by atoms with Gasteiger partial charge < -0.3 is 15.7 Å². The van der Waals surface area contributed by atoms with Gasteiger partial charge in [-0.25, -0.2) is 4.79 Å². The van der Waals surface area contributed by atoms with Crippen LogP contribution in [0.3, 0.4) is 0 Å². The summed E-state index contributed by atoms with van der Waals surface area (Å²) in [6, 6.07) is 6.19. The van der Waals surface area contributed by atoms with Gasteiger partial charge in [-0.1, -0.05) is 39.0 Å². The summed E-state index contributed by atoms with van der Waals surface area (Å²) in [4.78, 5) is 11.7.